The molecule has 0 aliphatic heterocycles. The molecule has 1 aromatic heterocycles. The van der Waals surface area contributed by atoms with E-state index >= 15 is 0 Å². The predicted octanol–water partition coefficient (Wildman–Crippen LogP) is 3.75. The largest absolute Gasteiger partial charge is 0.370 e. The summed E-state index contributed by atoms with van der Waals surface area (Å²) in [5.74, 6) is 0.555. The van der Waals surface area contributed by atoms with Crippen LogP contribution in [0.15, 0.2) is 63.4 Å². The lowest BCUT2D eigenvalue weighted by Crippen LogP contribution is -2.28. The van der Waals surface area contributed by atoms with Crippen molar-refractivity contribution in [1.29, 1.82) is 0 Å². The van der Waals surface area contributed by atoms with Crippen molar-refractivity contribution in [2.24, 2.45) is 5.73 Å². The Hall–Kier alpha value is -2.78. The number of hydrogen-bond donors (Lipinski definition) is 2. The van der Waals surface area contributed by atoms with Crippen LogP contribution in [0, 0.1) is 6.92 Å². The summed E-state index contributed by atoms with van der Waals surface area (Å²) in [7, 11) is 0. The first-order chi connectivity index (χ1) is 16.4. The van der Waals surface area contributed by atoms with Crippen LogP contribution in [0.25, 0.3) is 10.9 Å². The van der Waals surface area contributed by atoms with Crippen LogP contribution in [0.1, 0.15) is 31.2 Å². The molecule has 0 aliphatic rings. The maximum atomic E-state index is 13.1. The van der Waals surface area contributed by atoms with Crippen LogP contribution in [0.2, 0.25) is 0 Å². The van der Waals surface area contributed by atoms with Crippen LogP contribution >= 0.6 is 23.5 Å². The number of nitrogens with zero attached hydrogens (tertiary/aromatic N) is 2. The third kappa shape index (κ3) is 7.92. The molecule has 0 aliphatic carbocycles. The van der Waals surface area contributed by atoms with E-state index in [4.69, 9.17) is 5.73 Å². The molecule has 0 saturated heterocycles. The SMILES string of the molecule is Cc1ccc(SCCNC(=O)CSc2nc3ccccc3c(=O)n2CCCCCC(N)=O)cc1. The summed E-state index contributed by atoms with van der Waals surface area (Å²) >= 11 is 2.97. The molecule has 9 heteroatoms. The van der Waals surface area contributed by atoms with Crippen LogP contribution in [0.3, 0.4) is 0 Å². The van der Waals surface area contributed by atoms with Crippen molar-refractivity contribution in [1.82, 2.24) is 14.9 Å². The summed E-state index contributed by atoms with van der Waals surface area (Å²) in [6.45, 7) is 3.10. The number of aromatic nitrogens is 2. The summed E-state index contributed by atoms with van der Waals surface area (Å²) < 4.78 is 1.64. The molecule has 0 unspecified atom stereocenters. The fraction of sp³-hybridized carbons (Fsp3) is 0.360. The Kier molecular flexibility index (Phi) is 10.0. The average Bonchev–Trinajstić information content (AvgIpc) is 2.82. The van der Waals surface area contributed by atoms with Gasteiger partial charge in [0.2, 0.25) is 11.8 Å². The van der Waals surface area contributed by atoms with Gasteiger partial charge in [-0.05, 0) is 44.0 Å². The normalized spacial score (nSPS) is 11.0. The fourth-order valence-electron chi connectivity index (χ4n) is 3.38. The molecule has 0 atom stereocenters. The lowest BCUT2D eigenvalue weighted by Gasteiger charge is -2.13. The highest BCUT2D eigenvalue weighted by Gasteiger charge is 2.13. The van der Waals surface area contributed by atoms with E-state index in [-0.39, 0.29) is 23.1 Å². The maximum Gasteiger partial charge on any atom is 0.262 e. The van der Waals surface area contributed by atoms with E-state index in [0.29, 0.717) is 42.0 Å². The number of amides is 2. The van der Waals surface area contributed by atoms with E-state index in [0.717, 1.165) is 18.6 Å². The van der Waals surface area contributed by atoms with Crippen LogP contribution in [-0.2, 0) is 16.1 Å². The van der Waals surface area contributed by atoms with Gasteiger partial charge in [-0.2, -0.15) is 0 Å². The van der Waals surface area contributed by atoms with Crippen LogP contribution in [0.4, 0.5) is 0 Å². The van der Waals surface area contributed by atoms with Gasteiger partial charge in [-0.3, -0.25) is 19.0 Å². The number of thioether (sulfide) groups is 2. The molecule has 3 rings (SSSR count). The minimum atomic E-state index is -0.316. The average molecular weight is 499 g/mol. The van der Waals surface area contributed by atoms with Crippen LogP contribution in [-0.4, -0.2) is 39.4 Å². The van der Waals surface area contributed by atoms with Gasteiger partial charge in [0.15, 0.2) is 5.16 Å². The molecule has 2 aromatic carbocycles. The molecule has 180 valence electrons. The Morgan fingerprint density at radius 1 is 1.03 bits per heavy atom. The summed E-state index contributed by atoms with van der Waals surface area (Å²) in [5.41, 5.74) is 6.93. The lowest BCUT2D eigenvalue weighted by molar-refractivity contribution is -0.119. The van der Waals surface area contributed by atoms with Crippen molar-refractivity contribution in [2.75, 3.05) is 18.1 Å². The summed E-state index contributed by atoms with van der Waals surface area (Å²) in [4.78, 5) is 42.2. The van der Waals surface area contributed by atoms with Gasteiger partial charge in [-0.15, -0.1) is 11.8 Å². The van der Waals surface area contributed by atoms with Gasteiger partial charge in [0, 0.05) is 30.2 Å². The first-order valence-electron chi connectivity index (χ1n) is 11.3. The number of rotatable bonds is 13. The van der Waals surface area contributed by atoms with Crippen molar-refractivity contribution in [3.63, 3.8) is 0 Å². The quantitative estimate of drug-likeness (QED) is 0.211. The number of benzene rings is 2. The molecule has 7 nitrogen and oxygen atoms in total. The van der Waals surface area contributed by atoms with Gasteiger partial charge in [0.25, 0.3) is 5.56 Å². The third-order valence-corrected chi connectivity index (χ3v) is 7.17. The number of primary amides is 1. The van der Waals surface area contributed by atoms with Crippen molar-refractivity contribution >= 4 is 46.2 Å². The van der Waals surface area contributed by atoms with Crippen molar-refractivity contribution in [3.8, 4) is 0 Å². The van der Waals surface area contributed by atoms with E-state index in [1.807, 2.05) is 12.1 Å². The summed E-state index contributed by atoms with van der Waals surface area (Å²) in [5, 5.41) is 4.02. The molecule has 0 fully saturated rings. The molecule has 2 amide bonds. The number of hydrogen-bond acceptors (Lipinski definition) is 6. The maximum absolute atomic E-state index is 13.1. The van der Waals surface area contributed by atoms with E-state index < -0.39 is 0 Å². The highest BCUT2D eigenvalue weighted by Crippen LogP contribution is 2.19. The second-order valence-corrected chi connectivity index (χ2v) is 10.1. The molecule has 0 bridgehead atoms. The van der Waals surface area contributed by atoms with E-state index in [1.165, 1.54) is 22.2 Å². The van der Waals surface area contributed by atoms with Gasteiger partial charge < -0.3 is 11.1 Å². The van der Waals surface area contributed by atoms with Gasteiger partial charge >= 0.3 is 0 Å². The van der Waals surface area contributed by atoms with E-state index in [9.17, 15) is 14.4 Å². The first-order valence-corrected chi connectivity index (χ1v) is 13.3. The second-order valence-electron chi connectivity index (χ2n) is 7.95. The Morgan fingerprint density at radius 3 is 2.56 bits per heavy atom. The topological polar surface area (TPSA) is 107 Å². The first kappa shape index (κ1) is 25.8. The standard InChI is InChI=1S/C25H30N4O3S2/c1-18-10-12-19(13-11-18)33-16-14-27-23(31)17-34-25-28-21-8-5-4-7-20(21)24(32)29(25)15-6-2-3-9-22(26)30/h4-5,7-8,10-13H,2-3,6,9,14-17H2,1H3,(H2,26,30)(H,27,31). The zero-order chi connectivity index (χ0) is 24.3. The molecule has 3 aromatic rings. The van der Waals surface area contributed by atoms with E-state index in [2.05, 4.69) is 41.5 Å². The number of unbranched alkanes of at least 4 members (excludes halogenated alkanes) is 2. The molecule has 0 saturated carbocycles. The minimum absolute atomic E-state index is 0.0927. The lowest BCUT2D eigenvalue weighted by atomic mass is 10.2. The Bertz CT molecular complexity index is 1180. The third-order valence-electron chi connectivity index (χ3n) is 5.18. The minimum Gasteiger partial charge on any atom is -0.370 e. The van der Waals surface area contributed by atoms with E-state index in [1.54, 1.807) is 28.5 Å². The van der Waals surface area contributed by atoms with Gasteiger partial charge in [-0.1, -0.05) is 48.0 Å². The molecule has 0 spiro atoms. The number of aryl methyl sites for hydroxylation is 1. The van der Waals surface area contributed by atoms with Crippen molar-refractivity contribution < 1.29 is 9.59 Å². The van der Waals surface area contributed by atoms with Gasteiger partial charge in [0.05, 0.1) is 16.7 Å². The summed E-state index contributed by atoms with van der Waals surface area (Å²) in [6.07, 6.45) is 2.54. The zero-order valence-electron chi connectivity index (χ0n) is 19.3. The highest BCUT2D eigenvalue weighted by molar-refractivity contribution is 7.99. The Balaban J connectivity index is 1.56. The van der Waals surface area contributed by atoms with Crippen molar-refractivity contribution in [3.05, 3.63) is 64.4 Å². The number of carbonyl (C=O) groups is 2. The Labute approximate surface area is 207 Å². The number of carbonyl (C=O) groups excluding carboxylic acids is 2. The molecule has 0 radical (unpaired) electrons. The zero-order valence-corrected chi connectivity index (χ0v) is 20.9. The summed E-state index contributed by atoms with van der Waals surface area (Å²) in [6, 6.07) is 15.5. The number of fused-ring (bicyclic) bond motifs is 1. The molecule has 1 heterocycles. The second kappa shape index (κ2) is 13.2. The molecule has 34 heavy (non-hydrogen) atoms. The number of para-hydroxylation sites is 1. The Morgan fingerprint density at radius 2 is 1.79 bits per heavy atom. The van der Waals surface area contributed by atoms with Crippen LogP contribution < -0.4 is 16.6 Å². The number of nitrogens with one attached hydrogen (secondary N) is 1. The van der Waals surface area contributed by atoms with Gasteiger partial charge in [0.1, 0.15) is 0 Å². The molecular weight excluding hydrogens is 468 g/mol. The smallest absolute Gasteiger partial charge is 0.262 e. The number of nitrogens with two attached hydrogens (primary N) is 1. The predicted molar refractivity (Wildman–Crippen MR) is 139 cm³/mol. The monoisotopic (exact) mass is 498 g/mol. The van der Waals surface area contributed by atoms with Crippen LogP contribution in [0.5, 0.6) is 0 Å². The fourth-order valence-corrected chi connectivity index (χ4v) is 5.00. The molecular formula is C25H30N4O3S2. The van der Waals surface area contributed by atoms with Gasteiger partial charge in [-0.25, -0.2) is 4.98 Å². The molecule has 3 N–H and O–H groups in total. The highest BCUT2D eigenvalue weighted by atomic mass is 32.2. The van der Waals surface area contributed by atoms with Crippen molar-refractivity contribution in [2.45, 2.75) is 49.2 Å².